The van der Waals surface area contributed by atoms with Crippen molar-refractivity contribution in [2.75, 3.05) is 35.1 Å². The highest BCUT2D eigenvalue weighted by atomic mass is 35.5. The maximum Gasteiger partial charge on any atom is 0.241 e. The molecule has 2 aromatic carbocycles. The highest BCUT2D eigenvalue weighted by Crippen LogP contribution is 2.25. The molecule has 31 heavy (non-hydrogen) atoms. The molecule has 1 N–H and O–H groups in total. The van der Waals surface area contributed by atoms with E-state index in [0.717, 1.165) is 29.2 Å². The number of nitrogens with one attached hydrogen (secondary N) is 1. The Kier molecular flexibility index (Phi) is 7.49. The number of piperidine rings is 1. The predicted molar refractivity (Wildman–Crippen MR) is 127 cm³/mol. The van der Waals surface area contributed by atoms with Gasteiger partial charge in [-0.15, -0.1) is 0 Å². The third-order valence-electron chi connectivity index (χ3n) is 5.59. The summed E-state index contributed by atoms with van der Waals surface area (Å²) < 4.78 is 25.5. The van der Waals surface area contributed by atoms with E-state index in [4.69, 9.17) is 11.6 Å². The van der Waals surface area contributed by atoms with Crippen LogP contribution in [0.3, 0.4) is 0 Å². The van der Waals surface area contributed by atoms with E-state index >= 15 is 0 Å². The minimum atomic E-state index is -3.63. The normalized spacial score (nSPS) is 17.8. The van der Waals surface area contributed by atoms with Crippen LogP contribution in [-0.2, 0) is 14.8 Å². The van der Waals surface area contributed by atoms with Crippen LogP contribution < -0.4 is 14.5 Å². The van der Waals surface area contributed by atoms with Crippen molar-refractivity contribution in [3.05, 3.63) is 59.1 Å². The Morgan fingerprint density at radius 2 is 1.84 bits per heavy atom. The molecular weight excluding hydrogens is 434 g/mol. The Hall–Kier alpha value is -2.25. The van der Waals surface area contributed by atoms with Crippen molar-refractivity contribution in [1.29, 1.82) is 0 Å². The number of hydrogen-bond acceptors (Lipinski definition) is 4. The highest BCUT2D eigenvalue weighted by molar-refractivity contribution is 7.92. The lowest BCUT2D eigenvalue weighted by Gasteiger charge is -2.33. The van der Waals surface area contributed by atoms with Crippen molar-refractivity contribution in [2.24, 2.45) is 5.92 Å². The zero-order valence-electron chi connectivity index (χ0n) is 18.2. The van der Waals surface area contributed by atoms with E-state index < -0.39 is 10.0 Å². The summed E-state index contributed by atoms with van der Waals surface area (Å²) in [5.74, 6) is 0.326. The first-order valence-corrected chi connectivity index (χ1v) is 12.7. The fourth-order valence-electron chi connectivity index (χ4n) is 3.91. The summed E-state index contributed by atoms with van der Waals surface area (Å²) in [5.41, 5.74) is 2.56. The first kappa shape index (κ1) is 23.4. The number of nitrogens with zero attached hydrogens (tertiary/aromatic N) is 2. The van der Waals surface area contributed by atoms with Gasteiger partial charge in [0, 0.05) is 23.8 Å². The standard InChI is InChI=1S/C23H30ClN3O3S/c1-17-5-4-14-26(15-17)21-10-6-19(7-11-21)18(2)25-23(28)16-27(31(3,29)30)22-12-8-20(24)9-13-22/h6-13,17-18H,4-5,14-16H2,1-3H3,(H,25,28). The lowest BCUT2D eigenvalue weighted by molar-refractivity contribution is -0.120. The SMILES string of the molecule is CC1CCCN(c2ccc(C(C)NC(=O)CN(c3ccc(Cl)cc3)S(C)(=O)=O)cc2)C1. The van der Waals surface area contributed by atoms with Crippen molar-refractivity contribution >= 4 is 38.9 Å². The summed E-state index contributed by atoms with van der Waals surface area (Å²) >= 11 is 5.89. The van der Waals surface area contributed by atoms with Crippen molar-refractivity contribution in [2.45, 2.75) is 32.7 Å². The van der Waals surface area contributed by atoms with E-state index in [9.17, 15) is 13.2 Å². The second-order valence-corrected chi connectivity index (χ2v) is 10.7. The summed E-state index contributed by atoms with van der Waals surface area (Å²) in [6, 6.07) is 14.3. The molecule has 1 fully saturated rings. The van der Waals surface area contributed by atoms with Gasteiger partial charge in [-0.3, -0.25) is 9.10 Å². The molecule has 8 heteroatoms. The molecule has 0 saturated carbocycles. The van der Waals surface area contributed by atoms with Crippen LogP contribution in [0, 0.1) is 5.92 Å². The number of halogens is 1. The van der Waals surface area contributed by atoms with Crippen LogP contribution in [0.25, 0.3) is 0 Å². The lowest BCUT2D eigenvalue weighted by Crippen LogP contribution is -2.41. The second kappa shape index (κ2) is 9.92. The van der Waals surface area contributed by atoms with E-state index in [0.29, 0.717) is 16.6 Å². The molecule has 6 nitrogen and oxygen atoms in total. The molecule has 0 aliphatic carbocycles. The minimum absolute atomic E-state index is 0.242. The molecule has 0 aromatic heterocycles. The van der Waals surface area contributed by atoms with Gasteiger partial charge >= 0.3 is 0 Å². The number of anilines is 2. The van der Waals surface area contributed by atoms with E-state index in [1.165, 1.54) is 18.5 Å². The van der Waals surface area contributed by atoms with Crippen molar-refractivity contribution in [3.8, 4) is 0 Å². The molecule has 1 aliphatic rings. The van der Waals surface area contributed by atoms with Crippen LogP contribution in [0.5, 0.6) is 0 Å². The second-order valence-electron chi connectivity index (χ2n) is 8.32. The fraction of sp³-hybridized carbons (Fsp3) is 0.435. The van der Waals surface area contributed by atoms with E-state index in [1.54, 1.807) is 24.3 Å². The molecule has 1 amide bonds. The average molecular weight is 464 g/mol. The average Bonchev–Trinajstić information content (AvgIpc) is 2.72. The number of amides is 1. The predicted octanol–water partition coefficient (Wildman–Crippen LogP) is 4.22. The highest BCUT2D eigenvalue weighted by Gasteiger charge is 2.22. The smallest absolute Gasteiger partial charge is 0.241 e. The van der Waals surface area contributed by atoms with E-state index in [2.05, 4.69) is 29.3 Å². The molecule has 1 aliphatic heterocycles. The monoisotopic (exact) mass is 463 g/mol. The van der Waals surface area contributed by atoms with Gasteiger partial charge in [0.15, 0.2) is 0 Å². The van der Waals surface area contributed by atoms with Crippen molar-refractivity contribution in [1.82, 2.24) is 5.32 Å². The molecule has 0 spiro atoms. The first-order chi connectivity index (χ1) is 14.6. The Bertz CT molecular complexity index is 994. The third kappa shape index (κ3) is 6.37. The Morgan fingerprint density at radius 1 is 1.19 bits per heavy atom. The Balaban J connectivity index is 1.64. The van der Waals surface area contributed by atoms with Gasteiger partial charge in [-0.1, -0.05) is 30.7 Å². The van der Waals surface area contributed by atoms with Gasteiger partial charge in [0.05, 0.1) is 18.0 Å². The quantitative estimate of drug-likeness (QED) is 0.667. The van der Waals surface area contributed by atoms with Gasteiger partial charge in [-0.05, 0) is 67.6 Å². The largest absolute Gasteiger partial charge is 0.371 e. The van der Waals surface area contributed by atoms with Crippen LogP contribution >= 0.6 is 11.6 Å². The molecule has 0 radical (unpaired) electrons. The van der Waals surface area contributed by atoms with Crippen molar-refractivity contribution in [3.63, 3.8) is 0 Å². The number of carbonyl (C=O) groups is 1. The van der Waals surface area contributed by atoms with Gasteiger partial charge in [0.25, 0.3) is 0 Å². The molecule has 1 saturated heterocycles. The zero-order chi connectivity index (χ0) is 22.6. The Labute approximate surface area is 190 Å². The van der Waals surface area contributed by atoms with Gasteiger partial charge < -0.3 is 10.2 Å². The van der Waals surface area contributed by atoms with Gasteiger partial charge in [-0.25, -0.2) is 8.42 Å². The molecular formula is C23H30ClN3O3S. The summed E-state index contributed by atoms with van der Waals surface area (Å²) in [6.45, 7) is 6.01. The van der Waals surface area contributed by atoms with Gasteiger partial charge in [0.1, 0.15) is 6.54 Å². The molecule has 2 atom stereocenters. The molecule has 168 valence electrons. The van der Waals surface area contributed by atoms with Crippen LogP contribution in [0.15, 0.2) is 48.5 Å². The number of sulfonamides is 1. The van der Waals surface area contributed by atoms with Crippen LogP contribution in [0.4, 0.5) is 11.4 Å². The van der Waals surface area contributed by atoms with E-state index in [1.807, 2.05) is 19.1 Å². The molecule has 3 rings (SSSR count). The van der Waals surface area contributed by atoms with Crippen molar-refractivity contribution < 1.29 is 13.2 Å². The fourth-order valence-corrected chi connectivity index (χ4v) is 4.89. The summed E-state index contributed by atoms with van der Waals surface area (Å²) in [6.07, 6.45) is 3.57. The van der Waals surface area contributed by atoms with Gasteiger partial charge in [0.2, 0.25) is 15.9 Å². The number of hydrogen-bond donors (Lipinski definition) is 1. The molecule has 2 aromatic rings. The van der Waals surface area contributed by atoms with Crippen LogP contribution in [0.2, 0.25) is 5.02 Å². The van der Waals surface area contributed by atoms with Crippen LogP contribution in [-0.4, -0.2) is 40.2 Å². The summed E-state index contributed by atoms with van der Waals surface area (Å²) in [5, 5.41) is 3.40. The maximum absolute atomic E-state index is 12.6. The summed E-state index contributed by atoms with van der Waals surface area (Å²) in [4.78, 5) is 15.0. The van der Waals surface area contributed by atoms with Crippen LogP contribution in [0.1, 0.15) is 38.3 Å². The first-order valence-electron chi connectivity index (χ1n) is 10.5. The Morgan fingerprint density at radius 3 is 2.42 bits per heavy atom. The zero-order valence-corrected chi connectivity index (χ0v) is 19.8. The number of benzene rings is 2. The summed E-state index contributed by atoms with van der Waals surface area (Å²) in [7, 11) is -3.63. The van der Waals surface area contributed by atoms with Gasteiger partial charge in [-0.2, -0.15) is 0 Å². The maximum atomic E-state index is 12.6. The minimum Gasteiger partial charge on any atom is -0.371 e. The number of rotatable bonds is 7. The molecule has 1 heterocycles. The third-order valence-corrected chi connectivity index (χ3v) is 6.99. The molecule has 2 unspecified atom stereocenters. The number of carbonyl (C=O) groups excluding carboxylic acids is 1. The molecule has 0 bridgehead atoms. The van der Waals surface area contributed by atoms with E-state index in [-0.39, 0.29) is 18.5 Å². The topological polar surface area (TPSA) is 69.7 Å². The lowest BCUT2D eigenvalue weighted by atomic mass is 9.99.